The average molecular weight is 209 g/mol. The van der Waals surface area contributed by atoms with Crippen molar-refractivity contribution in [2.24, 2.45) is 0 Å². The Morgan fingerprint density at radius 3 is 3.00 bits per heavy atom. The summed E-state index contributed by atoms with van der Waals surface area (Å²) in [5.41, 5.74) is 0.723. The molecule has 0 atom stereocenters. The van der Waals surface area contributed by atoms with E-state index >= 15 is 0 Å². The van der Waals surface area contributed by atoms with Gasteiger partial charge in [0.25, 0.3) is 0 Å². The summed E-state index contributed by atoms with van der Waals surface area (Å²) in [7, 11) is 0. The van der Waals surface area contributed by atoms with E-state index < -0.39 is 6.61 Å². The molecule has 0 radical (unpaired) electrons. The van der Waals surface area contributed by atoms with E-state index in [0.29, 0.717) is 6.54 Å². The van der Waals surface area contributed by atoms with Crippen LogP contribution in [-0.2, 0) is 6.54 Å². The summed E-state index contributed by atoms with van der Waals surface area (Å²) in [5.74, 6) is -0.112. The number of hydrogen-bond donors (Lipinski definition) is 1. The number of nitrogens with one attached hydrogen (secondary N) is 1. The van der Waals surface area contributed by atoms with Crippen molar-refractivity contribution in [1.82, 2.24) is 9.82 Å². The molecule has 1 aromatic heterocycles. The molecule has 13 heavy (non-hydrogen) atoms. The minimum absolute atomic E-state index is 0.112. The molecule has 0 aromatic carbocycles. The maximum absolute atomic E-state index is 11.7. The predicted molar refractivity (Wildman–Crippen MR) is 43.6 cm³/mol. The first kappa shape index (κ1) is 10.1. The SMILES string of the molecule is FC(F)Oc1cc(CNCl)ccn1. The van der Waals surface area contributed by atoms with E-state index in [0.717, 1.165) is 5.56 Å². The summed E-state index contributed by atoms with van der Waals surface area (Å²) < 4.78 is 27.6. The molecular weight excluding hydrogens is 202 g/mol. The lowest BCUT2D eigenvalue weighted by molar-refractivity contribution is -0.0528. The van der Waals surface area contributed by atoms with Crippen molar-refractivity contribution < 1.29 is 13.5 Å². The maximum Gasteiger partial charge on any atom is 0.388 e. The third kappa shape index (κ3) is 3.52. The number of rotatable bonds is 4. The Balaban J connectivity index is 2.67. The van der Waals surface area contributed by atoms with Gasteiger partial charge in [-0.2, -0.15) is 8.78 Å². The second kappa shape index (κ2) is 4.94. The number of hydrogen-bond acceptors (Lipinski definition) is 3. The Morgan fingerprint density at radius 2 is 2.38 bits per heavy atom. The Kier molecular flexibility index (Phi) is 3.85. The van der Waals surface area contributed by atoms with E-state index in [-0.39, 0.29) is 5.88 Å². The first-order valence-electron chi connectivity index (χ1n) is 3.45. The first-order valence-corrected chi connectivity index (χ1v) is 3.83. The van der Waals surface area contributed by atoms with Crippen molar-refractivity contribution in [2.75, 3.05) is 0 Å². The highest BCUT2D eigenvalue weighted by molar-refractivity contribution is 6.13. The predicted octanol–water partition coefficient (Wildman–Crippen LogP) is 1.93. The van der Waals surface area contributed by atoms with Crippen molar-refractivity contribution in [3.63, 3.8) is 0 Å². The van der Waals surface area contributed by atoms with Gasteiger partial charge >= 0.3 is 6.61 Å². The van der Waals surface area contributed by atoms with Crippen LogP contribution in [-0.4, -0.2) is 11.6 Å². The van der Waals surface area contributed by atoms with Crippen molar-refractivity contribution in [2.45, 2.75) is 13.2 Å². The summed E-state index contributed by atoms with van der Waals surface area (Å²) in [5, 5.41) is 0. The van der Waals surface area contributed by atoms with Crippen molar-refractivity contribution in [3.8, 4) is 5.88 Å². The maximum atomic E-state index is 11.7. The Bertz CT molecular complexity index is 272. The summed E-state index contributed by atoms with van der Waals surface area (Å²) in [6.45, 7) is -2.49. The molecule has 3 nitrogen and oxygen atoms in total. The molecule has 0 aliphatic rings. The van der Waals surface area contributed by atoms with Crippen LogP contribution in [0, 0.1) is 0 Å². The number of halogens is 3. The zero-order valence-electron chi connectivity index (χ0n) is 6.51. The fraction of sp³-hybridized carbons (Fsp3) is 0.286. The zero-order chi connectivity index (χ0) is 9.68. The van der Waals surface area contributed by atoms with Gasteiger partial charge in [0.1, 0.15) is 0 Å². The van der Waals surface area contributed by atoms with Gasteiger partial charge in [-0.15, -0.1) is 0 Å². The second-order valence-electron chi connectivity index (χ2n) is 2.19. The molecule has 1 rings (SSSR count). The van der Waals surface area contributed by atoms with Gasteiger partial charge in [-0.25, -0.2) is 9.82 Å². The third-order valence-electron chi connectivity index (χ3n) is 1.28. The minimum Gasteiger partial charge on any atom is -0.417 e. The fourth-order valence-electron chi connectivity index (χ4n) is 0.793. The lowest BCUT2D eigenvalue weighted by atomic mass is 10.3. The summed E-state index contributed by atoms with van der Waals surface area (Å²) in [6.07, 6.45) is 1.38. The van der Waals surface area contributed by atoms with E-state index in [1.54, 1.807) is 6.07 Å². The van der Waals surface area contributed by atoms with Gasteiger partial charge in [-0.3, -0.25) is 0 Å². The molecule has 0 aliphatic heterocycles. The second-order valence-corrected chi connectivity index (χ2v) is 2.46. The van der Waals surface area contributed by atoms with Gasteiger partial charge < -0.3 is 4.74 Å². The molecule has 1 aromatic rings. The molecular formula is C7H7ClF2N2O. The first-order chi connectivity index (χ1) is 6.22. The van der Waals surface area contributed by atoms with Gasteiger partial charge in [0.2, 0.25) is 5.88 Å². The minimum atomic E-state index is -2.85. The molecule has 72 valence electrons. The number of nitrogens with zero attached hydrogens (tertiary/aromatic N) is 1. The van der Waals surface area contributed by atoms with E-state index in [9.17, 15) is 8.78 Å². The molecule has 6 heteroatoms. The Hall–Kier alpha value is -0.940. The summed E-state index contributed by atoms with van der Waals surface area (Å²) in [4.78, 5) is 5.95. The van der Waals surface area contributed by atoms with Crippen LogP contribution < -0.4 is 9.57 Å². The quantitative estimate of drug-likeness (QED) is 0.768. The van der Waals surface area contributed by atoms with Crippen LogP contribution in [0.4, 0.5) is 8.78 Å². The number of pyridine rings is 1. The Morgan fingerprint density at radius 1 is 1.62 bits per heavy atom. The number of ether oxygens (including phenoxy) is 1. The lowest BCUT2D eigenvalue weighted by Crippen LogP contribution is -2.05. The van der Waals surface area contributed by atoms with Crippen LogP contribution in [0.15, 0.2) is 18.3 Å². The molecule has 0 amide bonds. The van der Waals surface area contributed by atoms with Crippen LogP contribution in [0.25, 0.3) is 0 Å². The molecule has 0 unspecified atom stereocenters. The Labute approximate surface area is 78.8 Å². The van der Waals surface area contributed by atoms with Crippen molar-refractivity contribution in [1.29, 1.82) is 0 Å². The van der Waals surface area contributed by atoms with Gasteiger partial charge in [0.15, 0.2) is 0 Å². The van der Waals surface area contributed by atoms with E-state index in [4.69, 9.17) is 11.8 Å². The van der Waals surface area contributed by atoms with Gasteiger partial charge in [0.05, 0.1) is 0 Å². The molecule has 1 heterocycles. The highest BCUT2D eigenvalue weighted by Gasteiger charge is 2.05. The standard InChI is InChI=1S/C7H7ClF2N2O/c8-12-4-5-1-2-11-6(3-5)13-7(9)10/h1-3,7,12H,4H2. The van der Waals surface area contributed by atoms with Crippen LogP contribution in [0.5, 0.6) is 5.88 Å². The van der Waals surface area contributed by atoms with E-state index in [1.165, 1.54) is 12.3 Å². The van der Waals surface area contributed by atoms with Gasteiger partial charge in [0, 0.05) is 18.8 Å². The number of alkyl halides is 2. The van der Waals surface area contributed by atoms with E-state index in [2.05, 4.69) is 14.6 Å². The largest absolute Gasteiger partial charge is 0.417 e. The normalized spacial score (nSPS) is 10.5. The molecule has 0 fully saturated rings. The van der Waals surface area contributed by atoms with Gasteiger partial charge in [-0.1, -0.05) is 0 Å². The third-order valence-corrected chi connectivity index (χ3v) is 1.41. The summed E-state index contributed by atoms with van der Waals surface area (Å²) >= 11 is 5.23. The zero-order valence-corrected chi connectivity index (χ0v) is 7.26. The topological polar surface area (TPSA) is 34.1 Å². The van der Waals surface area contributed by atoms with Crippen LogP contribution in [0.1, 0.15) is 5.56 Å². The lowest BCUT2D eigenvalue weighted by Gasteiger charge is -2.04. The van der Waals surface area contributed by atoms with Crippen molar-refractivity contribution in [3.05, 3.63) is 23.9 Å². The monoisotopic (exact) mass is 208 g/mol. The van der Waals surface area contributed by atoms with E-state index in [1.807, 2.05) is 0 Å². The molecule has 0 spiro atoms. The molecule has 0 aliphatic carbocycles. The number of aromatic nitrogens is 1. The van der Waals surface area contributed by atoms with Crippen LogP contribution >= 0.6 is 11.8 Å². The highest BCUT2D eigenvalue weighted by atomic mass is 35.5. The smallest absolute Gasteiger partial charge is 0.388 e. The molecule has 0 saturated heterocycles. The van der Waals surface area contributed by atoms with Crippen molar-refractivity contribution >= 4 is 11.8 Å². The van der Waals surface area contributed by atoms with Crippen LogP contribution in [0.3, 0.4) is 0 Å². The molecule has 0 saturated carbocycles. The molecule has 1 N–H and O–H groups in total. The molecule has 0 bridgehead atoms. The van der Waals surface area contributed by atoms with Crippen LogP contribution in [0.2, 0.25) is 0 Å². The fourth-order valence-corrected chi connectivity index (χ4v) is 0.948. The summed E-state index contributed by atoms with van der Waals surface area (Å²) in [6, 6.07) is 3.04. The van der Waals surface area contributed by atoms with Gasteiger partial charge in [-0.05, 0) is 23.4 Å². The average Bonchev–Trinajstić information content (AvgIpc) is 2.04. The highest BCUT2D eigenvalue weighted by Crippen LogP contribution is 2.11.